The van der Waals surface area contributed by atoms with Gasteiger partial charge in [-0.3, -0.25) is 9.69 Å². The molecule has 0 aromatic carbocycles. The van der Waals surface area contributed by atoms with Gasteiger partial charge in [0.25, 0.3) is 0 Å². The van der Waals surface area contributed by atoms with Crippen molar-refractivity contribution in [2.45, 2.75) is 65.7 Å². The van der Waals surface area contributed by atoms with Crippen molar-refractivity contribution < 1.29 is 23.9 Å². The number of rotatable bonds is 3. The first-order valence-electron chi connectivity index (χ1n) is 7.94. The normalized spacial score (nSPS) is 19.7. The molecule has 0 spiro atoms. The number of amides is 1. The molecule has 0 bridgehead atoms. The zero-order valence-electron chi connectivity index (χ0n) is 15.5. The highest BCUT2D eigenvalue weighted by Crippen LogP contribution is 2.29. The van der Waals surface area contributed by atoms with E-state index < -0.39 is 29.3 Å². The lowest BCUT2D eigenvalue weighted by Crippen LogP contribution is -2.59. The molecule has 0 aliphatic carbocycles. The van der Waals surface area contributed by atoms with Gasteiger partial charge in [-0.2, -0.15) is 0 Å². The third-order valence-corrected chi connectivity index (χ3v) is 3.55. The molecular weight excluding hydrogens is 330 g/mol. The van der Waals surface area contributed by atoms with Crippen molar-refractivity contribution in [1.82, 2.24) is 4.90 Å². The van der Waals surface area contributed by atoms with E-state index in [1.165, 1.54) is 11.0 Å². The minimum Gasteiger partial charge on any atom is -0.458 e. The number of hydrogen-bond donors (Lipinski definition) is 0. The molecule has 0 saturated carbocycles. The molecule has 1 aliphatic heterocycles. The van der Waals surface area contributed by atoms with Gasteiger partial charge in [0.15, 0.2) is 6.04 Å². The van der Waals surface area contributed by atoms with Crippen LogP contribution in [0.2, 0.25) is 0 Å². The number of carbonyl (C=O) groups excluding carboxylic acids is 3. The van der Waals surface area contributed by atoms with Crippen LogP contribution in [0.5, 0.6) is 0 Å². The van der Waals surface area contributed by atoms with Gasteiger partial charge in [0.05, 0.1) is 0 Å². The number of carbonyl (C=O) groups is 3. The second-order valence-corrected chi connectivity index (χ2v) is 8.78. The Hall–Kier alpha value is -1.50. The molecule has 0 radical (unpaired) electrons. The van der Waals surface area contributed by atoms with Crippen LogP contribution in [-0.2, 0) is 19.1 Å². The van der Waals surface area contributed by atoms with Gasteiger partial charge >= 0.3 is 12.1 Å². The van der Waals surface area contributed by atoms with E-state index in [1.54, 1.807) is 41.5 Å². The summed E-state index contributed by atoms with van der Waals surface area (Å²) in [5.74, 6) is 0.0929. The number of thioether (sulfide) groups is 1. The summed E-state index contributed by atoms with van der Waals surface area (Å²) in [7, 11) is 0. The molecule has 0 aromatic heterocycles. The average Bonchev–Trinajstić information content (AvgIpc) is 2.29. The summed E-state index contributed by atoms with van der Waals surface area (Å²) in [5.41, 5.74) is -0.774. The monoisotopic (exact) mass is 357 g/mol. The van der Waals surface area contributed by atoms with Crippen LogP contribution in [-0.4, -0.2) is 51.6 Å². The van der Waals surface area contributed by atoms with Crippen molar-refractivity contribution in [3.63, 3.8) is 0 Å². The number of esters is 1. The summed E-state index contributed by atoms with van der Waals surface area (Å²) in [6.45, 7) is 12.6. The first-order chi connectivity index (χ1) is 10.8. The fourth-order valence-electron chi connectivity index (χ4n) is 2.05. The van der Waals surface area contributed by atoms with Crippen molar-refractivity contribution in [1.29, 1.82) is 0 Å². The fraction of sp³-hybridized carbons (Fsp3) is 0.706. The summed E-state index contributed by atoms with van der Waals surface area (Å²) in [6.07, 6.45) is 0.829. The topological polar surface area (TPSA) is 72.9 Å². The van der Waals surface area contributed by atoms with Crippen LogP contribution in [0.3, 0.4) is 0 Å². The van der Waals surface area contributed by atoms with Crippen LogP contribution in [0.25, 0.3) is 0 Å². The Morgan fingerprint density at radius 2 is 1.67 bits per heavy atom. The fourth-order valence-corrected chi connectivity index (χ4v) is 2.57. The minimum absolute atomic E-state index is 0.134. The van der Waals surface area contributed by atoms with Gasteiger partial charge in [-0.15, -0.1) is 0 Å². The quantitative estimate of drug-likeness (QED) is 0.571. The predicted octanol–water partition coefficient (Wildman–Crippen LogP) is 3.15. The molecular formula is C17H27NO5S. The molecule has 136 valence electrons. The van der Waals surface area contributed by atoms with Crippen LogP contribution >= 0.6 is 11.8 Å². The second kappa shape index (κ2) is 7.59. The van der Waals surface area contributed by atoms with Gasteiger partial charge in [-0.05, 0) is 58.9 Å². The van der Waals surface area contributed by atoms with Gasteiger partial charge in [0.1, 0.15) is 11.2 Å². The third kappa shape index (κ3) is 6.19. The molecule has 1 amide bonds. The van der Waals surface area contributed by atoms with E-state index in [9.17, 15) is 14.4 Å². The second-order valence-electron chi connectivity index (χ2n) is 7.52. The summed E-state index contributed by atoms with van der Waals surface area (Å²) in [5, 5.41) is -0.134. The van der Waals surface area contributed by atoms with Crippen molar-refractivity contribution >= 4 is 28.9 Å². The van der Waals surface area contributed by atoms with E-state index in [1.807, 2.05) is 6.92 Å². The third-order valence-electron chi connectivity index (χ3n) is 2.86. The van der Waals surface area contributed by atoms with E-state index in [0.717, 1.165) is 11.8 Å². The standard InChI is InChI=1S/C17H27NO5S/c1-8-24-12(19)9-11-10-18(15(21)23-17(5,6)7)13(11)14(20)22-16(2,3)4/h9,13H,8,10H2,1-7H3/b11-9+. The lowest BCUT2D eigenvalue weighted by molar-refractivity contribution is -0.162. The summed E-state index contributed by atoms with van der Waals surface area (Å²) >= 11 is 1.15. The highest BCUT2D eigenvalue weighted by molar-refractivity contribution is 8.14. The Balaban J connectivity index is 2.96. The maximum atomic E-state index is 12.4. The molecule has 1 heterocycles. The van der Waals surface area contributed by atoms with Gasteiger partial charge < -0.3 is 9.47 Å². The summed E-state index contributed by atoms with van der Waals surface area (Å²) in [6, 6.07) is -0.902. The van der Waals surface area contributed by atoms with E-state index >= 15 is 0 Å². The molecule has 1 aliphatic rings. The smallest absolute Gasteiger partial charge is 0.411 e. The molecule has 24 heavy (non-hydrogen) atoms. The van der Waals surface area contributed by atoms with Crippen molar-refractivity contribution in [3.05, 3.63) is 11.6 Å². The first-order valence-corrected chi connectivity index (χ1v) is 8.92. The van der Waals surface area contributed by atoms with Gasteiger partial charge in [-0.1, -0.05) is 18.7 Å². The minimum atomic E-state index is -0.902. The molecule has 0 aromatic rings. The zero-order chi connectivity index (χ0) is 18.7. The van der Waals surface area contributed by atoms with Crippen LogP contribution in [0.4, 0.5) is 4.79 Å². The Morgan fingerprint density at radius 3 is 2.12 bits per heavy atom. The molecule has 6 nitrogen and oxygen atoms in total. The maximum absolute atomic E-state index is 12.4. The number of hydrogen-bond acceptors (Lipinski definition) is 6. The highest BCUT2D eigenvalue weighted by atomic mass is 32.2. The Morgan fingerprint density at radius 1 is 1.12 bits per heavy atom. The largest absolute Gasteiger partial charge is 0.458 e. The zero-order valence-corrected chi connectivity index (χ0v) is 16.3. The van der Waals surface area contributed by atoms with Gasteiger partial charge in [0, 0.05) is 6.54 Å². The van der Waals surface area contributed by atoms with Crippen molar-refractivity contribution in [3.8, 4) is 0 Å². The molecule has 1 unspecified atom stereocenters. The van der Waals surface area contributed by atoms with Crippen LogP contribution < -0.4 is 0 Å². The van der Waals surface area contributed by atoms with Crippen LogP contribution in [0.1, 0.15) is 48.5 Å². The average molecular weight is 357 g/mol. The highest BCUT2D eigenvalue weighted by Gasteiger charge is 2.46. The molecule has 1 atom stereocenters. The van der Waals surface area contributed by atoms with E-state index in [-0.39, 0.29) is 11.7 Å². The Bertz CT molecular complexity index is 542. The van der Waals surface area contributed by atoms with E-state index in [4.69, 9.17) is 9.47 Å². The first kappa shape index (κ1) is 20.5. The Labute approximate surface area is 147 Å². The molecule has 1 saturated heterocycles. The van der Waals surface area contributed by atoms with Crippen molar-refractivity contribution in [2.24, 2.45) is 0 Å². The molecule has 7 heteroatoms. The number of nitrogens with zero attached hydrogens (tertiary/aromatic N) is 1. The summed E-state index contributed by atoms with van der Waals surface area (Å²) in [4.78, 5) is 37.8. The van der Waals surface area contributed by atoms with Crippen LogP contribution in [0.15, 0.2) is 11.6 Å². The molecule has 1 rings (SSSR count). The van der Waals surface area contributed by atoms with E-state index in [2.05, 4.69) is 0 Å². The molecule has 0 N–H and O–H groups in total. The summed E-state index contributed by atoms with van der Waals surface area (Å²) < 4.78 is 10.7. The van der Waals surface area contributed by atoms with Crippen molar-refractivity contribution in [2.75, 3.05) is 12.3 Å². The lowest BCUT2D eigenvalue weighted by Gasteiger charge is -2.42. The number of ether oxygens (including phenoxy) is 2. The predicted molar refractivity (Wildman–Crippen MR) is 93.8 cm³/mol. The van der Waals surface area contributed by atoms with E-state index in [0.29, 0.717) is 11.3 Å². The number of likely N-dealkylation sites (tertiary alicyclic amines) is 1. The SMILES string of the molecule is CCSC(=O)/C=C1\CN(C(=O)OC(C)(C)C)C1C(=O)OC(C)(C)C. The molecule has 1 fully saturated rings. The van der Waals surface area contributed by atoms with Crippen LogP contribution in [0, 0.1) is 0 Å². The van der Waals surface area contributed by atoms with Gasteiger partial charge in [0.2, 0.25) is 5.12 Å². The van der Waals surface area contributed by atoms with Gasteiger partial charge in [-0.25, -0.2) is 9.59 Å². The Kier molecular flexibility index (Phi) is 6.50. The lowest BCUT2D eigenvalue weighted by atomic mass is 9.95. The maximum Gasteiger partial charge on any atom is 0.411 e.